The minimum Gasteiger partial charge on any atom is -0.479 e. The van der Waals surface area contributed by atoms with Crippen LogP contribution in [0, 0.1) is 17.8 Å². The quantitative estimate of drug-likeness (QED) is 0.574. The third-order valence-electron chi connectivity index (χ3n) is 4.75. The van der Waals surface area contributed by atoms with Crippen molar-refractivity contribution in [1.29, 1.82) is 0 Å². The van der Waals surface area contributed by atoms with E-state index >= 15 is 0 Å². The fourth-order valence-corrected chi connectivity index (χ4v) is 4.53. The predicted octanol–water partition coefficient (Wildman–Crippen LogP) is 2.73. The van der Waals surface area contributed by atoms with Crippen LogP contribution in [0.25, 0.3) is 0 Å². The molecule has 0 aromatic carbocycles. The van der Waals surface area contributed by atoms with Crippen LogP contribution in [0.2, 0.25) is 0 Å². The monoisotopic (exact) mass is 240 g/mol. The summed E-state index contributed by atoms with van der Waals surface area (Å²) in [5.41, 5.74) is -0.307. The molecular weight excluding hydrogens is 220 g/mol. The van der Waals surface area contributed by atoms with Gasteiger partial charge in [-0.1, -0.05) is 0 Å². The first-order chi connectivity index (χ1) is 7.63. The molecule has 4 saturated carbocycles. The smallest absolute Gasteiger partial charge is 0.146 e. The first-order valence-electron chi connectivity index (χ1n) is 6.35. The number of aliphatic hydroxyl groups excluding tert-OH is 1. The van der Waals surface area contributed by atoms with Gasteiger partial charge in [0.25, 0.3) is 0 Å². The summed E-state index contributed by atoms with van der Waals surface area (Å²) in [6.07, 6.45) is 7.42. The summed E-state index contributed by atoms with van der Waals surface area (Å²) in [7, 11) is 0. The topological polar surface area (TPSA) is 29.5 Å². The van der Waals surface area contributed by atoms with Crippen molar-refractivity contribution < 1.29 is 9.84 Å². The van der Waals surface area contributed by atoms with Crippen molar-refractivity contribution >= 4 is 12.6 Å². The number of ether oxygens (including phenoxy) is 1. The van der Waals surface area contributed by atoms with Gasteiger partial charge in [0.05, 0.1) is 6.10 Å². The third kappa shape index (κ3) is 1.52. The van der Waals surface area contributed by atoms with Crippen molar-refractivity contribution in [3.05, 3.63) is 11.2 Å². The lowest BCUT2D eigenvalue weighted by atomic mass is 9.53. The van der Waals surface area contributed by atoms with E-state index in [9.17, 15) is 5.11 Å². The van der Waals surface area contributed by atoms with E-state index in [2.05, 4.69) is 12.6 Å². The molecule has 4 aliphatic rings. The van der Waals surface area contributed by atoms with E-state index in [4.69, 9.17) is 4.74 Å². The van der Waals surface area contributed by atoms with E-state index in [-0.39, 0.29) is 11.7 Å². The molecule has 0 aromatic heterocycles. The molecular formula is C13H20O2S. The SMILES string of the molecule is CC=C(S)OC12CC3CC(CC(C3)C1O)C2. The van der Waals surface area contributed by atoms with Crippen LogP contribution in [-0.2, 0) is 4.74 Å². The lowest BCUT2D eigenvalue weighted by molar-refractivity contribution is -0.208. The Morgan fingerprint density at radius 1 is 1.31 bits per heavy atom. The van der Waals surface area contributed by atoms with E-state index in [0.717, 1.165) is 24.7 Å². The maximum Gasteiger partial charge on any atom is 0.146 e. The number of hydrogen-bond donors (Lipinski definition) is 2. The van der Waals surface area contributed by atoms with Gasteiger partial charge in [-0.3, -0.25) is 0 Å². The van der Waals surface area contributed by atoms with Gasteiger partial charge in [0.15, 0.2) is 0 Å². The van der Waals surface area contributed by atoms with Gasteiger partial charge in [-0.25, -0.2) is 0 Å². The van der Waals surface area contributed by atoms with Crippen LogP contribution in [0.5, 0.6) is 0 Å². The van der Waals surface area contributed by atoms with E-state index in [1.165, 1.54) is 19.3 Å². The Kier molecular flexibility index (Phi) is 2.52. The number of aliphatic hydroxyl groups is 1. The number of allylic oxidation sites excluding steroid dienone is 1. The summed E-state index contributed by atoms with van der Waals surface area (Å²) in [5, 5.41) is 11.1. The van der Waals surface area contributed by atoms with Crippen molar-refractivity contribution in [2.75, 3.05) is 0 Å². The lowest BCUT2D eigenvalue weighted by Gasteiger charge is -2.58. The van der Waals surface area contributed by atoms with Crippen LogP contribution in [0.4, 0.5) is 0 Å². The zero-order chi connectivity index (χ0) is 11.3. The molecule has 4 fully saturated rings. The van der Waals surface area contributed by atoms with Crippen LogP contribution in [0.1, 0.15) is 39.0 Å². The van der Waals surface area contributed by atoms with Gasteiger partial charge in [-0.05, 0) is 62.9 Å². The molecule has 2 nitrogen and oxygen atoms in total. The van der Waals surface area contributed by atoms with Crippen LogP contribution in [-0.4, -0.2) is 16.8 Å². The Morgan fingerprint density at radius 3 is 2.50 bits per heavy atom. The van der Waals surface area contributed by atoms with Crippen molar-refractivity contribution in [3.8, 4) is 0 Å². The second kappa shape index (κ2) is 3.67. The highest BCUT2D eigenvalue weighted by molar-refractivity contribution is 7.84. The molecule has 0 spiro atoms. The molecule has 4 rings (SSSR count). The molecule has 1 N–H and O–H groups in total. The molecule has 3 heteroatoms. The highest BCUT2D eigenvalue weighted by atomic mass is 32.1. The molecule has 0 aliphatic heterocycles. The standard InChI is InChI=1S/C13H20O2S/c1-2-11(16)15-13-6-8-3-9(7-13)5-10(4-8)12(13)14/h2,8-10,12,14,16H,3-7H2,1H3. The summed E-state index contributed by atoms with van der Waals surface area (Å²) in [6.45, 7) is 1.93. The number of hydrogen-bond acceptors (Lipinski definition) is 3. The van der Waals surface area contributed by atoms with Crippen LogP contribution in [0.3, 0.4) is 0 Å². The van der Waals surface area contributed by atoms with Gasteiger partial charge in [0.1, 0.15) is 10.7 Å². The fourth-order valence-electron chi connectivity index (χ4n) is 4.35. The molecule has 90 valence electrons. The minimum absolute atomic E-state index is 0.276. The maximum absolute atomic E-state index is 10.4. The normalized spacial score (nSPS) is 50.8. The highest BCUT2D eigenvalue weighted by Crippen LogP contribution is 2.57. The summed E-state index contributed by atoms with van der Waals surface area (Å²) >= 11 is 4.31. The highest BCUT2D eigenvalue weighted by Gasteiger charge is 2.58. The van der Waals surface area contributed by atoms with E-state index in [0.29, 0.717) is 11.0 Å². The second-order valence-electron chi connectivity index (χ2n) is 5.85. The van der Waals surface area contributed by atoms with Gasteiger partial charge in [0, 0.05) is 0 Å². The second-order valence-corrected chi connectivity index (χ2v) is 6.29. The summed E-state index contributed by atoms with van der Waals surface area (Å²) in [6, 6.07) is 0. The van der Waals surface area contributed by atoms with Gasteiger partial charge in [-0.2, -0.15) is 0 Å². The Balaban J connectivity index is 1.88. The number of thiol groups is 1. The van der Waals surface area contributed by atoms with Crippen LogP contribution in [0.15, 0.2) is 11.2 Å². The molecule has 0 saturated heterocycles. The Labute approximate surface area is 102 Å². The average Bonchev–Trinajstić information content (AvgIpc) is 2.24. The van der Waals surface area contributed by atoms with E-state index < -0.39 is 0 Å². The molecule has 0 aromatic rings. The van der Waals surface area contributed by atoms with Gasteiger partial charge in [0.2, 0.25) is 0 Å². The fraction of sp³-hybridized carbons (Fsp3) is 0.846. The van der Waals surface area contributed by atoms with Crippen LogP contribution >= 0.6 is 12.6 Å². The predicted molar refractivity (Wildman–Crippen MR) is 66.1 cm³/mol. The Morgan fingerprint density at radius 2 is 1.94 bits per heavy atom. The first-order valence-corrected chi connectivity index (χ1v) is 6.80. The van der Waals surface area contributed by atoms with Crippen LogP contribution < -0.4 is 0 Å². The molecule has 3 unspecified atom stereocenters. The third-order valence-corrected chi connectivity index (χ3v) is 5.10. The van der Waals surface area contributed by atoms with Crippen molar-refractivity contribution in [3.63, 3.8) is 0 Å². The summed E-state index contributed by atoms with van der Waals surface area (Å²) < 4.78 is 5.99. The molecule has 16 heavy (non-hydrogen) atoms. The van der Waals surface area contributed by atoms with Crippen molar-refractivity contribution in [2.24, 2.45) is 17.8 Å². The molecule has 4 bridgehead atoms. The number of rotatable bonds is 2. The minimum atomic E-state index is -0.307. The van der Waals surface area contributed by atoms with Crippen molar-refractivity contribution in [2.45, 2.75) is 50.7 Å². The molecule has 3 atom stereocenters. The van der Waals surface area contributed by atoms with E-state index in [1.807, 2.05) is 13.0 Å². The maximum atomic E-state index is 10.4. The van der Waals surface area contributed by atoms with Gasteiger partial charge in [-0.15, -0.1) is 12.6 Å². The zero-order valence-corrected chi connectivity index (χ0v) is 10.6. The Hall–Kier alpha value is -0.150. The van der Waals surface area contributed by atoms with Gasteiger partial charge >= 0.3 is 0 Å². The largest absolute Gasteiger partial charge is 0.479 e. The van der Waals surface area contributed by atoms with E-state index in [1.54, 1.807) is 0 Å². The van der Waals surface area contributed by atoms with Crippen molar-refractivity contribution in [1.82, 2.24) is 0 Å². The summed E-state index contributed by atoms with van der Waals surface area (Å²) in [5.74, 6) is 2.03. The molecule has 4 aliphatic carbocycles. The summed E-state index contributed by atoms with van der Waals surface area (Å²) in [4.78, 5) is 0. The molecule has 0 radical (unpaired) electrons. The van der Waals surface area contributed by atoms with Gasteiger partial charge < -0.3 is 9.84 Å². The lowest BCUT2D eigenvalue weighted by Crippen LogP contribution is -2.61. The molecule has 0 amide bonds. The first kappa shape index (κ1) is 11.0. The Bertz CT molecular complexity index is 312. The molecule has 0 heterocycles. The zero-order valence-electron chi connectivity index (χ0n) is 9.72. The average molecular weight is 240 g/mol.